The minimum atomic E-state index is -2.40. The number of carbonyl (C=O) groups is 4. The summed E-state index contributed by atoms with van der Waals surface area (Å²) in [6.07, 6.45) is 0. The van der Waals surface area contributed by atoms with Crippen LogP contribution in [0.4, 0.5) is 0 Å². The van der Waals surface area contributed by atoms with Crippen LogP contribution in [-0.4, -0.2) is 44.3 Å². The summed E-state index contributed by atoms with van der Waals surface area (Å²) in [5, 5.41) is 43.0. The van der Waals surface area contributed by atoms with E-state index in [0.717, 1.165) is 5.39 Å². The van der Waals surface area contributed by atoms with Gasteiger partial charge in [-0.1, -0.05) is 68.3 Å². The Morgan fingerprint density at radius 2 is 1.44 bits per heavy atom. The van der Waals surface area contributed by atoms with Gasteiger partial charge in [0.15, 0.2) is 4.32 Å². The van der Waals surface area contributed by atoms with Crippen molar-refractivity contribution in [3.63, 3.8) is 0 Å². The molecule has 34 heavy (non-hydrogen) atoms. The van der Waals surface area contributed by atoms with Gasteiger partial charge in [0, 0.05) is 15.1 Å². The van der Waals surface area contributed by atoms with Crippen LogP contribution in [0.3, 0.4) is 0 Å². The van der Waals surface area contributed by atoms with Gasteiger partial charge in [-0.05, 0) is 38.6 Å². The Kier molecular flexibility index (Phi) is 4.75. The molecule has 0 fully saturated rings. The second-order valence-electron chi connectivity index (χ2n) is 7.93. The highest BCUT2D eigenvalue weighted by Gasteiger charge is 2.57. The predicted molar refractivity (Wildman–Crippen MR) is 129 cm³/mol. The van der Waals surface area contributed by atoms with Crippen LogP contribution < -0.4 is 5.22 Å². The molecule has 2 unspecified atom stereocenters. The van der Waals surface area contributed by atoms with E-state index in [4.69, 9.17) is 0 Å². The molecule has 2 atom stereocenters. The summed E-state index contributed by atoms with van der Waals surface area (Å²) in [5.41, 5.74) is -1.27. The summed E-state index contributed by atoms with van der Waals surface area (Å²) in [4.78, 5) is 49.8. The standard InChI is InChI=1S/C24H12Br2O8/c25-12-7-11(20(27)28)15-16-14(12)9-5-1-3-8-4-2-6-10(13(8)9)18(16)24(26,23(33)34)19(22(31)32)17(15)21(29)30/h1-7,19H,(H,27,28)(H,29,30)(H,31,32)(H,33,34). The molecule has 0 amide bonds. The Balaban J connectivity index is 2.32. The number of carboxylic acid groups (broad SMARTS) is 4. The molecule has 0 aromatic heterocycles. The first-order valence-electron chi connectivity index (χ1n) is 9.77. The number of hydrogen-bond acceptors (Lipinski definition) is 4. The van der Waals surface area contributed by atoms with Crippen LogP contribution in [0.15, 0.2) is 46.9 Å². The highest BCUT2D eigenvalue weighted by molar-refractivity contribution is 9.10. The fourth-order valence-electron chi connectivity index (χ4n) is 5.12. The molecule has 0 heterocycles. The lowest BCUT2D eigenvalue weighted by atomic mass is 9.70. The van der Waals surface area contributed by atoms with Crippen molar-refractivity contribution in [2.45, 2.75) is 4.32 Å². The molecule has 0 bridgehead atoms. The molecule has 0 spiro atoms. The minimum Gasteiger partial charge on any atom is -0.481 e. The lowest BCUT2D eigenvalue weighted by Crippen LogP contribution is -2.49. The van der Waals surface area contributed by atoms with Crippen LogP contribution in [0.1, 0.15) is 15.9 Å². The average molecular weight is 588 g/mol. The molecule has 0 saturated heterocycles. The third-order valence-corrected chi connectivity index (χ3v) is 8.13. The SMILES string of the molecule is O=C(O)C1=c2c(C(=O)O)cc(Br)c3c2c(c2cccc4cccc3c42)C(Br)(C(=O)O)C1C(=O)O. The van der Waals surface area contributed by atoms with Gasteiger partial charge in [0.2, 0.25) is 0 Å². The Labute approximate surface area is 206 Å². The van der Waals surface area contributed by atoms with Crippen LogP contribution in [0.5, 0.6) is 0 Å². The molecule has 4 aromatic carbocycles. The van der Waals surface area contributed by atoms with Gasteiger partial charge in [-0.3, -0.25) is 9.59 Å². The highest BCUT2D eigenvalue weighted by atomic mass is 79.9. The van der Waals surface area contributed by atoms with Gasteiger partial charge in [0.25, 0.3) is 0 Å². The topological polar surface area (TPSA) is 149 Å². The number of hydrogen-bond donors (Lipinski definition) is 4. The highest BCUT2D eigenvalue weighted by Crippen LogP contribution is 2.53. The van der Waals surface area contributed by atoms with E-state index in [1.807, 2.05) is 12.1 Å². The first kappa shape index (κ1) is 22.3. The van der Waals surface area contributed by atoms with Gasteiger partial charge in [0.1, 0.15) is 5.92 Å². The van der Waals surface area contributed by atoms with E-state index in [0.29, 0.717) is 26.0 Å². The number of aliphatic carboxylic acids is 3. The number of benzene rings is 4. The van der Waals surface area contributed by atoms with Crippen molar-refractivity contribution >= 4 is 93.6 Å². The predicted octanol–water partition coefficient (Wildman–Crippen LogP) is 3.95. The van der Waals surface area contributed by atoms with E-state index < -0.39 is 45.3 Å². The summed E-state index contributed by atoms with van der Waals surface area (Å²) in [6.45, 7) is 0. The fraction of sp³-hybridized carbons (Fsp3) is 0.0833. The van der Waals surface area contributed by atoms with Crippen molar-refractivity contribution in [3.05, 3.63) is 63.3 Å². The van der Waals surface area contributed by atoms with Gasteiger partial charge >= 0.3 is 23.9 Å². The number of halogens is 2. The Hall–Kier alpha value is -3.50. The second kappa shape index (κ2) is 7.25. The zero-order valence-electron chi connectivity index (χ0n) is 16.8. The molecule has 0 aliphatic heterocycles. The lowest BCUT2D eigenvalue weighted by Gasteiger charge is -2.36. The van der Waals surface area contributed by atoms with E-state index in [2.05, 4.69) is 31.9 Å². The number of aromatic carboxylic acids is 1. The third kappa shape index (κ3) is 2.63. The van der Waals surface area contributed by atoms with Crippen LogP contribution in [0, 0.1) is 5.92 Å². The van der Waals surface area contributed by atoms with E-state index in [-0.39, 0.29) is 16.2 Å². The molecular formula is C24H12Br2O8. The Morgan fingerprint density at radius 1 is 0.824 bits per heavy atom. The summed E-state index contributed by atoms with van der Waals surface area (Å²) in [6, 6.07) is 11.7. The number of fused-ring (bicyclic) bond motifs is 2. The fourth-order valence-corrected chi connectivity index (χ4v) is 6.60. The Morgan fingerprint density at radius 3 is 1.97 bits per heavy atom. The molecule has 4 aromatic rings. The maximum absolute atomic E-state index is 12.7. The molecule has 1 aliphatic rings. The summed E-state index contributed by atoms with van der Waals surface area (Å²) in [7, 11) is 0. The van der Waals surface area contributed by atoms with Crippen LogP contribution in [0.25, 0.3) is 37.9 Å². The van der Waals surface area contributed by atoms with Crippen molar-refractivity contribution in [3.8, 4) is 0 Å². The maximum Gasteiger partial charge on any atom is 0.336 e. The first-order valence-corrected chi connectivity index (χ1v) is 11.4. The van der Waals surface area contributed by atoms with Crippen LogP contribution in [0.2, 0.25) is 0 Å². The van der Waals surface area contributed by atoms with Gasteiger partial charge in [-0.25, -0.2) is 9.59 Å². The van der Waals surface area contributed by atoms with Crippen molar-refractivity contribution < 1.29 is 39.6 Å². The molecule has 5 rings (SSSR count). The third-order valence-electron chi connectivity index (χ3n) is 6.31. The van der Waals surface area contributed by atoms with Gasteiger partial charge < -0.3 is 20.4 Å². The van der Waals surface area contributed by atoms with E-state index in [1.54, 1.807) is 24.3 Å². The first-order chi connectivity index (χ1) is 16.0. The van der Waals surface area contributed by atoms with Gasteiger partial charge in [-0.15, -0.1) is 0 Å². The minimum absolute atomic E-state index is 0.00417. The van der Waals surface area contributed by atoms with Crippen molar-refractivity contribution in [1.82, 2.24) is 0 Å². The molecular weight excluding hydrogens is 576 g/mol. The number of alkyl halides is 1. The van der Waals surface area contributed by atoms with Gasteiger partial charge in [-0.2, -0.15) is 0 Å². The smallest absolute Gasteiger partial charge is 0.336 e. The molecule has 8 nitrogen and oxygen atoms in total. The number of rotatable bonds is 4. The second-order valence-corrected chi connectivity index (χ2v) is 10.0. The molecule has 4 N–H and O–H groups in total. The van der Waals surface area contributed by atoms with Crippen molar-refractivity contribution in [2.75, 3.05) is 0 Å². The lowest BCUT2D eigenvalue weighted by molar-refractivity contribution is -0.150. The number of carboxylic acids is 4. The van der Waals surface area contributed by atoms with E-state index >= 15 is 0 Å². The summed E-state index contributed by atoms with van der Waals surface area (Å²) >= 11 is 6.54. The van der Waals surface area contributed by atoms with E-state index in [9.17, 15) is 39.6 Å². The molecule has 10 heteroatoms. The van der Waals surface area contributed by atoms with Gasteiger partial charge in [0.05, 0.1) is 11.1 Å². The van der Waals surface area contributed by atoms with E-state index in [1.165, 1.54) is 6.07 Å². The molecule has 1 aliphatic carbocycles. The average Bonchev–Trinajstić information content (AvgIpc) is 2.76. The quantitative estimate of drug-likeness (QED) is 0.159. The Bertz CT molecular complexity index is 1700. The maximum atomic E-state index is 12.7. The van der Waals surface area contributed by atoms with Crippen LogP contribution in [-0.2, 0) is 18.7 Å². The molecule has 0 saturated carbocycles. The summed E-state index contributed by atoms with van der Waals surface area (Å²) < 4.78 is -2.09. The van der Waals surface area contributed by atoms with Crippen molar-refractivity contribution in [1.29, 1.82) is 0 Å². The molecule has 0 radical (unpaired) electrons. The largest absolute Gasteiger partial charge is 0.481 e. The zero-order valence-corrected chi connectivity index (χ0v) is 20.0. The van der Waals surface area contributed by atoms with Crippen molar-refractivity contribution in [2.24, 2.45) is 5.92 Å². The normalized spacial score (nSPS) is 19.6. The summed E-state index contributed by atoms with van der Waals surface area (Å²) in [5.74, 6) is -8.66. The monoisotopic (exact) mass is 586 g/mol. The zero-order chi connectivity index (χ0) is 24.7. The van der Waals surface area contributed by atoms with Crippen LogP contribution >= 0.6 is 31.9 Å². The molecule has 170 valence electrons.